The summed E-state index contributed by atoms with van der Waals surface area (Å²) >= 11 is 0. The van der Waals surface area contributed by atoms with Gasteiger partial charge in [0, 0.05) is 20.3 Å². The number of carbonyl (C=O) groups is 1. The first-order chi connectivity index (χ1) is 7.29. The van der Waals surface area contributed by atoms with Gasteiger partial charge in [0.25, 0.3) is 5.91 Å². The first-order valence-electron chi connectivity index (χ1n) is 4.97. The van der Waals surface area contributed by atoms with Crippen LogP contribution in [0.5, 0.6) is 0 Å². The van der Waals surface area contributed by atoms with Crippen LogP contribution in [0, 0.1) is 0 Å². The van der Waals surface area contributed by atoms with Crippen LogP contribution in [0.1, 0.15) is 24.3 Å². The summed E-state index contributed by atoms with van der Waals surface area (Å²) in [6, 6.07) is 0. The summed E-state index contributed by atoms with van der Waals surface area (Å²) in [5.74, 6) is -0.294. The lowest BCUT2D eigenvalue weighted by Crippen LogP contribution is -2.47. The molecule has 1 heterocycles. The SMILES string of the molecule is CN(C(=O)c1nn(C)cc1N)C(C)(C)CO. The summed E-state index contributed by atoms with van der Waals surface area (Å²) < 4.78 is 1.49. The number of nitrogens with zero attached hydrogens (tertiary/aromatic N) is 3. The number of likely N-dealkylation sites (N-methyl/N-ethyl adjacent to an activating group) is 1. The quantitative estimate of drug-likeness (QED) is 0.750. The molecule has 90 valence electrons. The lowest BCUT2D eigenvalue weighted by molar-refractivity contribution is 0.0468. The van der Waals surface area contributed by atoms with E-state index < -0.39 is 5.54 Å². The first-order valence-corrected chi connectivity index (χ1v) is 4.97. The third-order valence-electron chi connectivity index (χ3n) is 2.66. The molecule has 1 amide bonds. The number of aliphatic hydroxyl groups excluding tert-OH is 1. The zero-order chi connectivity index (χ0) is 12.5. The Balaban J connectivity index is 2.99. The molecule has 0 bridgehead atoms. The Morgan fingerprint density at radius 2 is 2.25 bits per heavy atom. The predicted octanol–water partition coefficient (Wildman–Crippen LogP) is -0.155. The Morgan fingerprint density at radius 1 is 1.69 bits per heavy atom. The second-order valence-corrected chi connectivity index (χ2v) is 4.44. The number of aliphatic hydroxyl groups is 1. The van der Waals surface area contributed by atoms with E-state index in [2.05, 4.69) is 5.10 Å². The fourth-order valence-electron chi connectivity index (χ4n) is 1.21. The van der Waals surface area contributed by atoms with Crippen LogP contribution in [0.25, 0.3) is 0 Å². The van der Waals surface area contributed by atoms with Crippen LogP contribution in [0.3, 0.4) is 0 Å². The lowest BCUT2D eigenvalue weighted by Gasteiger charge is -2.33. The fourth-order valence-corrected chi connectivity index (χ4v) is 1.21. The molecule has 16 heavy (non-hydrogen) atoms. The van der Waals surface area contributed by atoms with Crippen molar-refractivity contribution < 1.29 is 9.90 Å². The molecule has 0 aliphatic carbocycles. The number of nitrogens with two attached hydrogens (primary N) is 1. The number of carbonyl (C=O) groups excluding carboxylic acids is 1. The summed E-state index contributed by atoms with van der Waals surface area (Å²) in [5, 5.41) is 13.2. The zero-order valence-corrected chi connectivity index (χ0v) is 10.1. The molecule has 0 radical (unpaired) electrons. The van der Waals surface area contributed by atoms with E-state index in [1.807, 2.05) is 0 Å². The van der Waals surface area contributed by atoms with E-state index in [1.165, 1.54) is 9.58 Å². The molecule has 1 rings (SSSR count). The number of anilines is 1. The second kappa shape index (κ2) is 4.13. The Labute approximate surface area is 94.6 Å². The first kappa shape index (κ1) is 12.5. The molecule has 1 aromatic rings. The van der Waals surface area contributed by atoms with E-state index >= 15 is 0 Å². The van der Waals surface area contributed by atoms with Gasteiger partial charge in [-0.05, 0) is 13.8 Å². The maximum absolute atomic E-state index is 12.0. The molecular formula is C10H18N4O2. The molecule has 0 spiro atoms. The van der Waals surface area contributed by atoms with E-state index in [0.717, 1.165) is 0 Å². The normalized spacial score (nSPS) is 11.6. The fraction of sp³-hybridized carbons (Fsp3) is 0.600. The largest absolute Gasteiger partial charge is 0.396 e. The molecule has 1 aromatic heterocycles. The van der Waals surface area contributed by atoms with Gasteiger partial charge >= 0.3 is 0 Å². The second-order valence-electron chi connectivity index (χ2n) is 4.44. The van der Waals surface area contributed by atoms with Crippen molar-refractivity contribution in [1.82, 2.24) is 14.7 Å². The summed E-state index contributed by atoms with van der Waals surface area (Å²) in [6.45, 7) is 3.41. The summed E-state index contributed by atoms with van der Waals surface area (Å²) in [6.07, 6.45) is 1.58. The highest BCUT2D eigenvalue weighted by atomic mass is 16.3. The van der Waals surface area contributed by atoms with Crippen molar-refractivity contribution in [3.05, 3.63) is 11.9 Å². The van der Waals surface area contributed by atoms with Crippen molar-refractivity contribution in [2.75, 3.05) is 19.4 Å². The van der Waals surface area contributed by atoms with Crippen LogP contribution in [0.2, 0.25) is 0 Å². The average molecular weight is 226 g/mol. The smallest absolute Gasteiger partial charge is 0.276 e. The van der Waals surface area contributed by atoms with Gasteiger partial charge < -0.3 is 15.7 Å². The zero-order valence-electron chi connectivity index (χ0n) is 10.1. The van der Waals surface area contributed by atoms with Gasteiger partial charge in [-0.15, -0.1) is 0 Å². The number of nitrogen functional groups attached to an aromatic ring is 1. The van der Waals surface area contributed by atoms with E-state index in [1.54, 1.807) is 34.1 Å². The molecule has 3 N–H and O–H groups in total. The van der Waals surface area contributed by atoms with Crippen molar-refractivity contribution in [3.8, 4) is 0 Å². The van der Waals surface area contributed by atoms with Gasteiger partial charge in [0.1, 0.15) is 0 Å². The van der Waals surface area contributed by atoms with Crippen LogP contribution in [-0.4, -0.2) is 44.9 Å². The molecule has 6 heteroatoms. The number of amides is 1. The minimum absolute atomic E-state index is 0.123. The highest BCUT2D eigenvalue weighted by Crippen LogP contribution is 2.17. The molecule has 0 aliphatic rings. The molecule has 0 fully saturated rings. The van der Waals surface area contributed by atoms with Gasteiger partial charge in [-0.3, -0.25) is 9.48 Å². The van der Waals surface area contributed by atoms with Crippen LogP contribution >= 0.6 is 0 Å². The van der Waals surface area contributed by atoms with Gasteiger partial charge in [0.2, 0.25) is 0 Å². The maximum Gasteiger partial charge on any atom is 0.276 e. The predicted molar refractivity (Wildman–Crippen MR) is 60.9 cm³/mol. The van der Waals surface area contributed by atoms with Gasteiger partial charge in [-0.25, -0.2) is 0 Å². The monoisotopic (exact) mass is 226 g/mol. The van der Waals surface area contributed by atoms with E-state index in [4.69, 9.17) is 5.73 Å². The van der Waals surface area contributed by atoms with Crippen LogP contribution in [0.4, 0.5) is 5.69 Å². The molecule has 0 atom stereocenters. The number of hydrogen-bond acceptors (Lipinski definition) is 4. The Hall–Kier alpha value is -1.56. The van der Waals surface area contributed by atoms with Crippen LogP contribution in [0.15, 0.2) is 6.20 Å². The molecule has 0 aromatic carbocycles. The lowest BCUT2D eigenvalue weighted by atomic mass is 10.0. The molecule has 6 nitrogen and oxygen atoms in total. The minimum Gasteiger partial charge on any atom is -0.396 e. The van der Waals surface area contributed by atoms with Crippen molar-refractivity contribution in [1.29, 1.82) is 0 Å². The Morgan fingerprint density at radius 3 is 2.62 bits per heavy atom. The summed E-state index contributed by atoms with van der Waals surface area (Å²) in [5.41, 5.74) is 5.59. The van der Waals surface area contributed by atoms with Crippen molar-refractivity contribution in [2.24, 2.45) is 7.05 Å². The number of hydrogen-bond donors (Lipinski definition) is 2. The van der Waals surface area contributed by atoms with E-state index in [-0.39, 0.29) is 18.2 Å². The molecular weight excluding hydrogens is 208 g/mol. The molecule has 0 saturated carbocycles. The van der Waals surface area contributed by atoms with Gasteiger partial charge in [0.15, 0.2) is 5.69 Å². The maximum atomic E-state index is 12.0. The number of aryl methyl sites for hydroxylation is 1. The van der Waals surface area contributed by atoms with Gasteiger partial charge in [-0.2, -0.15) is 5.10 Å². The van der Waals surface area contributed by atoms with E-state index in [9.17, 15) is 9.90 Å². The van der Waals surface area contributed by atoms with Gasteiger partial charge in [0.05, 0.1) is 17.8 Å². The Kier molecular flexibility index (Phi) is 3.23. The highest BCUT2D eigenvalue weighted by molar-refractivity contribution is 5.97. The molecule has 0 aliphatic heterocycles. The Bertz CT molecular complexity index is 398. The number of rotatable bonds is 3. The number of aromatic nitrogens is 2. The van der Waals surface area contributed by atoms with E-state index in [0.29, 0.717) is 5.69 Å². The third kappa shape index (κ3) is 2.16. The summed E-state index contributed by atoms with van der Waals surface area (Å²) in [4.78, 5) is 13.5. The van der Waals surface area contributed by atoms with Crippen LogP contribution < -0.4 is 5.73 Å². The van der Waals surface area contributed by atoms with Crippen LogP contribution in [-0.2, 0) is 7.05 Å². The molecule has 0 unspecified atom stereocenters. The van der Waals surface area contributed by atoms with Gasteiger partial charge in [-0.1, -0.05) is 0 Å². The van der Waals surface area contributed by atoms with Crippen molar-refractivity contribution in [3.63, 3.8) is 0 Å². The topological polar surface area (TPSA) is 84.4 Å². The summed E-state index contributed by atoms with van der Waals surface area (Å²) in [7, 11) is 3.32. The van der Waals surface area contributed by atoms with Crippen molar-refractivity contribution >= 4 is 11.6 Å². The third-order valence-corrected chi connectivity index (χ3v) is 2.66. The highest BCUT2D eigenvalue weighted by Gasteiger charge is 2.29. The standard InChI is InChI=1S/C10H18N4O2/c1-10(2,6-15)14(4)9(16)8-7(11)5-13(3)12-8/h5,15H,6,11H2,1-4H3. The molecule has 0 saturated heterocycles. The minimum atomic E-state index is -0.638. The van der Waals surface area contributed by atoms with Crippen molar-refractivity contribution in [2.45, 2.75) is 19.4 Å². The average Bonchev–Trinajstić information content (AvgIpc) is 2.55.